The Morgan fingerprint density at radius 2 is 1.80 bits per heavy atom. The van der Waals surface area contributed by atoms with Crippen molar-refractivity contribution >= 4 is 5.97 Å². The summed E-state index contributed by atoms with van der Waals surface area (Å²) in [6.07, 6.45) is 3.61. The van der Waals surface area contributed by atoms with Gasteiger partial charge in [0.1, 0.15) is 0 Å². The molecule has 0 atom stereocenters. The van der Waals surface area contributed by atoms with Crippen LogP contribution >= 0.6 is 0 Å². The molecule has 1 fully saturated rings. The molecule has 1 aliphatic carbocycles. The quantitative estimate of drug-likeness (QED) is 0.785. The number of carbonyl (C=O) groups is 1. The Morgan fingerprint density at radius 3 is 2.20 bits per heavy atom. The van der Waals surface area contributed by atoms with E-state index in [2.05, 4.69) is 20.8 Å². The van der Waals surface area contributed by atoms with E-state index in [9.17, 15) is 4.79 Å². The largest absolute Gasteiger partial charge is 0.481 e. The van der Waals surface area contributed by atoms with Gasteiger partial charge in [-0.1, -0.05) is 0 Å². The second-order valence-corrected chi connectivity index (χ2v) is 5.48. The summed E-state index contributed by atoms with van der Waals surface area (Å²) in [5, 5.41) is 8.85. The Balaban J connectivity index is 2.23. The normalized spacial score (nSPS) is 27.7. The first-order valence-corrected chi connectivity index (χ1v) is 5.75. The Morgan fingerprint density at radius 1 is 1.27 bits per heavy atom. The number of aliphatic carboxylic acids is 1. The minimum Gasteiger partial charge on any atom is -0.481 e. The van der Waals surface area contributed by atoms with E-state index in [0.717, 1.165) is 32.3 Å². The van der Waals surface area contributed by atoms with Crippen LogP contribution in [-0.4, -0.2) is 23.3 Å². The molecule has 0 aliphatic heterocycles. The number of hydrogen-bond acceptors (Lipinski definition) is 2. The van der Waals surface area contributed by atoms with Crippen molar-refractivity contribution in [1.29, 1.82) is 0 Å². The summed E-state index contributed by atoms with van der Waals surface area (Å²) in [6.45, 7) is 6.93. The molecular weight excluding hydrogens is 192 g/mol. The highest BCUT2D eigenvalue weighted by Crippen LogP contribution is 2.29. The van der Waals surface area contributed by atoms with Crippen LogP contribution in [-0.2, 0) is 9.53 Å². The lowest BCUT2D eigenvalue weighted by Gasteiger charge is -2.29. The first kappa shape index (κ1) is 12.5. The van der Waals surface area contributed by atoms with Crippen molar-refractivity contribution < 1.29 is 14.6 Å². The zero-order chi connectivity index (χ0) is 11.5. The minimum atomic E-state index is -0.634. The average Bonchev–Trinajstić information content (AvgIpc) is 2.14. The fraction of sp³-hybridized carbons (Fsp3) is 0.917. The Bertz CT molecular complexity index is 209. The molecule has 0 heterocycles. The molecule has 0 spiro atoms. The Hall–Kier alpha value is -0.570. The first-order chi connectivity index (χ1) is 6.88. The Labute approximate surface area is 91.8 Å². The van der Waals surface area contributed by atoms with E-state index in [4.69, 9.17) is 9.84 Å². The van der Waals surface area contributed by atoms with Crippen molar-refractivity contribution in [3.8, 4) is 0 Å². The van der Waals surface area contributed by atoms with Gasteiger partial charge >= 0.3 is 5.97 Å². The number of rotatable bonds is 3. The lowest BCUT2D eigenvalue weighted by molar-refractivity contribution is -0.143. The maximum Gasteiger partial charge on any atom is 0.306 e. The fourth-order valence-electron chi connectivity index (χ4n) is 1.94. The molecule has 0 radical (unpaired) electrons. The van der Waals surface area contributed by atoms with E-state index in [1.54, 1.807) is 0 Å². The third-order valence-corrected chi connectivity index (χ3v) is 2.95. The van der Waals surface area contributed by atoms with Gasteiger partial charge in [-0.05, 0) is 52.4 Å². The average molecular weight is 214 g/mol. The van der Waals surface area contributed by atoms with Crippen LogP contribution in [0, 0.1) is 11.8 Å². The summed E-state index contributed by atoms with van der Waals surface area (Å²) in [4.78, 5) is 10.7. The van der Waals surface area contributed by atoms with E-state index >= 15 is 0 Å². The molecule has 0 aromatic heterocycles. The molecule has 0 unspecified atom stereocenters. The van der Waals surface area contributed by atoms with Gasteiger partial charge in [0.25, 0.3) is 0 Å². The standard InChI is InChI=1S/C12H22O3/c1-12(2,3)15-8-9-4-6-10(7-5-9)11(13)14/h9-10H,4-8H2,1-3H3,(H,13,14). The summed E-state index contributed by atoms with van der Waals surface area (Å²) in [5.74, 6) is -0.194. The van der Waals surface area contributed by atoms with E-state index in [1.165, 1.54) is 0 Å². The maximum atomic E-state index is 10.7. The molecule has 0 aromatic carbocycles. The van der Waals surface area contributed by atoms with Crippen molar-refractivity contribution in [2.45, 2.75) is 52.1 Å². The monoisotopic (exact) mass is 214 g/mol. The van der Waals surface area contributed by atoms with Gasteiger partial charge in [-0.15, -0.1) is 0 Å². The van der Waals surface area contributed by atoms with Crippen LogP contribution in [0.1, 0.15) is 46.5 Å². The van der Waals surface area contributed by atoms with Gasteiger partial charge in [-0.3, -0.25) is 4.79 Å². The molecule has 3 heteroatoms. The summed E-state index contributed by atoms with van der Waals surface area (Å²) in [7, 11) is 0. The van der Waals surface area contributed by atoms with Gasteiger partial charge in [-0.2, -0.15) is 0 Å². The third-order valence-electron chi connectivity index (χ3n) is 2.95. The van der Waals surface area contributed by atoms with Crippen LogP contribution in [0.25, 0.3) is 0 Å². The highest BCUT2D eigenvalue weighted by molar-refractivity contribution is 5.69. The lowest BCUT2D eigenvalue weighted by atomic mass is 9.82. The van der Waals surface area contributed by atoms with Gasteiger partial charge in [0.05, 0.1) is 18.1 Å². The molecular formula is C12H22O3. The summed E-state index contributed by atoms with van der Waals surface area (Å²) < 4.78 is 5.72. The van der Waals surface area contributed by atoms with Crippen molar-refractivity contribution in [2.75, 3.05) is 6.61 Å². The highest BCUT2D eigenvalue weighted by atomic mass is 16.5. The number of carboxylic acid groups (broad SMARTS) is 1. The van der Waals surface area contributed by atoms with Crippen LogP contribution in [0.2, 0.25) is 0 Å². The predicted octanol–water partition coefficient (Wildman–Crippen LogP) is 2.69. The van der Waals surface area contributed by atoms with E-state index in [0.29, 0.717) is 5.92 Å². The molecule has 1 N–H and O–H groups in total. The number of ether oxygens (including phenoxy) is 1. The van der Waals surface area contributed by atoms with Crippen molar-refractivity contribution in [3.05, 3.63) is 0 Å². The fourth-order valence-corrected chi connectivity index (χ4v) is 1.94. The van der Waals surface area contributed by atoms with Gasteiger partial charge in [-0.25, -0.2) is 0 Å². The second-order valence-electron chi connectivity index (χ2n) is 5.48. The summed E-state index contributed by atoms with van der Waals surface area (Å²) in [6, 6.07) is 0. The van der Waals surface area contributed by atoms with Crippen LogP contribution in [0.5, 0.6) is 0 Å². The SMILES string of the molecule is CC(C)(C)OCC1CCC(C(=O)O)CC1. The van der Waals surface area contributed by atoms with Crippen molar-refractivity contribution in [2.24, 2.45) is 11.8 Å². The highest BCUT2D eigenvalue weighted by Gasteiger charge is 2.26. The molecule has 0 amide bonds. The first-order valence-electron chi connectivity index (χ1n) is 5.75. The predicted molar refractivity (Wildman–Crippen MR) is 58.8 cm³/mol. The van der Waals surface area contributed by atoms with Gasteiger partial charge in [0.2, 0.25) is 0 Å². The van der Waals surface area contributed by atoms with Crippen molar-refractivity contribution in [3.63, 3.8) is 0 Å². The smallest absolute Gasteiger partial charge is 0.306 e. The van der Waals surface area contributed by atoms with E-state index in [1.807, 2.05) is 0 Å². The molecule has 1 aliphatic rings. The van der Waals surface area contributed by atoms with Gasteiger partial charge in [0.15, 0.2) is 0 Å². The Kier molecular flexibility index (Phi) is 4.14. The van der Waals surface area contributed by atoms with E-state index in [-0.39, 0.29) is 11.5 Å². The zero-order valence-electron chi connectivity index (χ0n) is 9.95. The maximum absolute atomic E-state index is 10.7. The number of hydrogen-bond donors (Lipinski definition) is 1. The number of carboxylic acids is 1. The second kappa shape index (κ2) is 4.97. The van der Waals surface area contributed by atoms with Gasteiger partial charge in [0, 0.05) is 0 Å². The van der Waals surface area contributed by atoms with Crippen molar-refractivity contribution in [1.82, 2.24) is 0 Å². The zero-order valence-corrected chi connectivity index (χ0v) is 9.95. The van der Waals surface area contributed by atoms with Crippen LogP contribution < -0.4 is 0 Å². The minimum absolute atomic E-state index is 0.0797. The third kappa shape index (κ3) is 4.65. The molecule has 0 saturated heterocycles. The lowest BCUT2D eigenvalue weighted by Crippen LogP contribution is -2.27. The molecule has 1 saturated carbocycles. The molecule has 0 aromatic rings. The van der Waals surface area contributed by atoms with Crippen LogP contribution in [0.3, 0.4) is 0 Å². The van der Waals surface area contributed by atoms with Gasteiger partial charge < -0.3 is 9.84 Å². The van der Waals surface area contributed by atoms with E-state index < -0.39 is 5.97 Å². The summed E-state index contributed by atoms with van der Waals surface area (Å²) >= 11 is 0. The molecule has 88 valence electrons. The molecule has 15 heavy (non-hydrogen) atoms. The topological polar surface area (TPSA) is 46.5 Å². The molecule has 1 rings (SSSR count). The molecule has 3 nitrogen and oxygen atoms in total. The van der Waals surface area contributed by atoms with Crippen LogP contribution in [0.15, 0.2) is 0 Å². The summed E-state index contributed by atoms with van der Waals surface area (Å²) in [5.41, 5.74) is -0.0797. The van der Waals surface area contributed by atoms with Crippen LogP contribution in [0.4, 0.5) is 0 Å². The molecule has 0 bridgehead atoms.